The first-order chi connectivity index (χ1) is 6.77. The Morgan fingerprint density at radius 2 is 2.50 bits per heavy atom. The Morgan fingerprint density at radius 3 is 3.14 bits per heavy atom. The zero-order valence-electron chi connectivity index (χ0n) is 7.58. The fourth-order valence-electron chi connectivity index (χ4n) is 0.889. The minimum atomic E-state index is -0.992. The molecule has 0 aliphatic carbocycles. The van der Waals surface area contributed by atoms with Crippen molar-refractivity contribution in [3.05, 3.63) is 23.9 Å². The smallest absolute Gasteiger partial charge is 0.181 e. The molecule has 3 N–H and O–H groups in total. The van der Waals surface area contributed by atoms with Crippen LogP contribution in [0.3, 0.4) is 0 Å². The van der Waals surface area contributed by atoms with Crippen molar-refractivity contribution in [3.63, 3.8) is 0 Å². The van der Waals surface area contributed by atoms with Crippen LogP contribution in [0.25, 0.3) is 0 Å². The molecule has 0 fully saturated rings. The number of pyridine rings is 1. The third kappa shape index (κ3) is 2.77. The first-order valence-electron chi connectivity index (χ1n) is 3.87. The zero-order chi connectivity index (χ0) is 10.4. The molecule has 76 valence electrons. The summed E-state index contributed by atoms with van der Waals surface area (Å²) in [5.74, 6) is 0.361. The van der Waals surface area contributed by atoms with Gasteiger partial charge in [0.25, 0.3) is 0 Å². The monoisotopic (exact) mass is 197 g/mol. The molecule has 0 saturated heterocycles. The van der Waals surface area contributed by atoms with Gasteiger partial charge in [0.15, 0.2) is 12.1 Å². The van der Waals surface area contributed by atoms with E-state index in [0.29, 0.717) is 11.4 Å². The second kappa shape index (κ2) is 5.28. The van der Waals surface area contributed by atoms with Crippen LogP contribution in [0.5, 0.6) is 0 Å². The molecule has 6 heteroatoms. The van der Waals surface area contributed by atoms with Gasteiger partial charge in [-0.2, -0.15) is 0 Å². The summed E-state index contributed by atoms with van der Waals surface area (Å²) in [4.78, 5) is 7.62. The molecule has 1 heterocycles. The lowest BCUT2D eigenvalue weighted by Crippen LogP contribution is -2.02. The van der Waals surface area contributed by atoms with Crippen molar-refractivity contribution < 1.29 is 15.1 Å². The van der Waals surface area contributed by atoms with Crippen LogP contribution in [-0.2, 0) is 4.74 Å². The summed E-state index contributed by atoms with van der Waals surface area (Å²) in [6.45, 7) is 0. The van der Waals surface area contributed by atoms with Crippen LogP contribution in [-0.4, -0.2) is 28.7 Å². The highest BCUT2D eigenvalue weighted by Crippen LogP contribution is 2.16. The van der Waals surface area contributed by atoms with Crippen LogP contribution < -0.4 is 5.48 Å². The summed E-state index contributed by atoms with van der Waals surface area (Å²) in [5, 5.41) is 17.6. The Hall–Kier alpha value is -1.50. The molecule has 0 amide bonds. The first-order valence-corrected chi connectivity index (χ1v) is 3.87. The Labute approximate surface area is 80.8 Å². The quantitative estimate of drug-likeness (QED) is 0.281. The fourth-order valence-corrected chi connectivity index (χ4v) is 0.889. The maximum absolute atomic E-state index is 9.31. The Balaban J connectivity index is 2.83. The van der Waals surface area contributed by atoms with E-state index in [4.69, 9.17) is 9.94 Å². The number of nitrogens with zero attached hydrogens (tertiary/aromatic N) is 2. The van der Waals surface area contributed by atoms with E-state index >= 15 is 0 Å². The SMILES string of the molecule is COC(O)c1ccnc(/N=C/NO)c1. The van der Waals surface area contributed by atoms with Gasteiger partial charge in [0.05, 0.1) is 0 Å². The highest BCUT2D eigenvalue weighted by Gasteiger charge is 2.05. The van der Waals surface area contributed by atoms with Crippen LogP contribution >= 0.6 is 0 Å². The molecule has 14 heavy (non-hydrogen) atoms. The second-order valence-electron chi connectivity index (χ2n) is 2.42. The zero-order valence-corrected chi connectivity index (χ0v) is 7.58. The molecule has 0 saturated carbocycles. The van der Waals surface area contributed by atoms with Gasteiger partial charge in [0, 0.05) is 18.9 Å². The summed E-state index contributed by atoms with van der Waals surface area (Å²) in [7, 11) is 1.39. The number of rotatable bonds is 4. The number of aliphatic imine (C=N–C) groups is 1. The number of methoxy groups -OCH3 is 1. The van der Waals surface area contributed by atoms with Crippen molar-refractivity contribution in [2.75, 3.05) is 7.11 Å². The van der Waals surface area contributed by atoms with E-state index in [1.807, 2.05) is 0 Å². The molecule has 0 bridgehead atoms. The number of aliphatic hydroxyl groups excluding tert-OH is 1. The van der Waals surface area contributed by atoms with Crippen molar-refractivity contribution >= 4 is 12.2 Å². The normalized spacial score (nSPS) is 13.1. The Kier molecular flexibility index (Phi) is 3.99. The molecule has 1 unspecified atom stereocenters. The number of hydrogen-bond acceptors (Lipinski definition) is 5. The van der Waals surface area contributed by atoms with Crippen molar-refractivity contribution in [2.45, 2.75) is 6.29 Å². The van der Waals surface area contributed by atoms with E-state index in [0.717, 1.165) is 6.34 Å². The average Bonchev–Trinajstić information content (AvgIpc) is 2.25. The molecule has 1 aromatic heterocycles. The average molecular weight is 197 g/mol. The number of hydrogen-bond donors (Lipinski definition) is 3. The van der Waals surface area contributed by atoms with E-state index in [1.165, 1.54) is 13.3 Å². The van der Waals surface area contributed by atoms with E-state index in [1.54, 1.807) is 17.6 Å². The standard InChI is InChI=1S/C8H11N3O3/c1-14-8(12)6-2-3-9-7(4-6)10-5-11-13/h2-5,8,12-13H,1H3,(H,9,10,11). The lowest BCUT2D eigenvalue weighted by Gasteiger charge is -2.07. The predicted molar refractivity (Wildman–Crippen MR) is 49.3 cm³/mol. The Morgan fingerprint density at radius 1 is 1.71 bits per heavy atom. The number of nitrogens with one attached hydrogen (secondary N) is 1. The molecule has 0 aromatic carbocycles. The molecular weight excluding hydrogens is 186 g/mol. The van der Waals surface area contributed by atoms with Crippen LogP contribution in [0.2, 0.25) is 0 Å². The summed E-state index contributed by atoms with van der Waals surface area (Å²) in [5.41, 5.74) is 2.30. The van der Waals surface area contributed by atoms with Gasteiger partial charge in [-0.05, 0) is 12.1 Å². The van der Waals surface area contributed by atoms with Crippen molar-refractivity contribution in [3.8, 4) is 0 Å². The molecule has 0 aliphatic rings. The maximum atomic E-state index is 9.31. The Bertz CT molecular complexity index is 316. The first kappa shape index (κ1) is 10.6. The number of aliphatic hydroxyl groups is 1. The molecule has 0 spiro atoms. The van der Waals surface area contributed by atoms with E-state index in [-0.39, 0.29) is 0 Å². The van der Waals surface area contributed by atoms with Gasteiger partial charge in [0.1, 0.15) is 6.34 Å². The highest BCUT2D eigenvalue weighted by molar-refractivity contribution is 5.57. The van der Waals surface area contributed by atoms with Crippen molar-refractivity contribution in [1.29, 1.82) is 0 Å². The molecule has 1 aromatic rings. The van der Waals surface area contributed by atoms with Gasteiger partial charge in [-0.1, -0.05) is 0 Å². The second-order valence-corrected chi connectivity index (χ2v) is 2.42. The predicted octanol–water partition coefficient (Wildman–Crippen LogP) is 0.358. The molecule has 1 atom stereocenters. The van der Waals surface area contributed by atoms with E-state index in [9.17, 15) is 5.11 Å². The molecule has 6 nitrogen and oxygen atoms in total. The molecule has 0 radical (unpaired) electrons. The lowest BCUT2D eigenvalue weighted by atomic mass is 10.2. The van der Waals surface area contributed by atoms with Crippen LogP contribution in [0, 0.1) is 0 Å². The van der Waals surface area contributed by atoms with Gasteiger partial charge in [0.2, 0.25) is 0 Å². The van der Waals surface area contributed by atoms with Gasteiger partial charge in [-0.25, -0.2) is 9.98 Å². The fraction of sp³-hybridized carbons (Fsp3) is 0.250. The van der Waals surface area contributed by atoms with Gasteiger partial charge >= 0.3 is 0 Å². The van der Waals surface area contributed by atoms with Crippen molar-refractivity contribution in [2.24, 2.45) is 4.99 Å². The highest BCUT2D eigenvalue weighted by atomic mass is 16.6. The number of aromatic nitrogens is 1. The van der Waals surface area contributed by atoms with E-state index in [2.05, 4.69) is 9.98 Å². The van der Waals surface area contributed by atoms with Gasteiger partial charge < -0.3 is 9.84 Å². The van der Waals surface area contributed by atoms with E-state index < -0.39 is 6.29 Å². The largest absolute Gasteiger partial charge is 0.364 e. The number of hydroxylamine groups is 1. The minimum Gasteiger partial charge on any atom is -0.364 e. The van der Waals surface area contributed by atoms with Crippen LogP contribution in [0.15, 0.2) is 23.3 Å². The summed E-state index contributed by atoms with van der Waals surface area (Å²) >= 11 is 0. The van der Waals surface area contributed by atoms with Crippen LogP contribution in [0.4, 0.5) is 5.82 Å². The lowest BCUT2D eigenvalue weighted by molar-refractivity contribution is -0.0769. The van der Waals surface area contributed by atoms with Gasteiger partial charge in [-0.3, -0.25) is 10.7 Å². The minimum absolute atomic E-state index is 0.361. The summed E-state index contributed by atoms with van der Waals surface area (Å²) < 4.78 is 4.71. The molecule has 1 rings (SSSR count). The van der Waals surface area contributed by atoms with Gasteiger partial charge in [-0.15, -0.1) is 0 Å². The maximum Gasteiger partial charge on any atom is 0.181 e. The van der Waals surface area contributed by atoms with Crippen LogP contribution in [0.1, 0.15) is 11.9 Å². The third-order valence-electron chi connectivity index (χ3n) is 1.53. The number of ether oxygens (including phenoxy) is 1. The summed E-state index contributed by atoms with van der Waals surface area (Å²) in [6.07, 6.45) is 1.57. The van der Waals surface area contributed by atoms with Crippen molar-refractivity contribution in [1.82, 2.24) is 10.5 Å². The molecular formula is C8H11N3O3. The summed E-state index contributed by atoms with van der Waals surface area (Å²) in [6, 6.07) is 3.15. The topological polar surface area (TPSA) is 87.0 Å². The molecule has 0 aliphatic heterocycles. The third-order valence-corrected chi connectivity index (χ3v) is 1.53.